The van der Waals surface area contributed by atoms with Crippen LogP contribution in [0.3, 0.4) is 0 Å². The maximum absolute atomic E-state index is 11.1. The molecule has 1 aromatic rings. The molecule has 8 heteroatoms. The largest absolute Gasteiger partial charge is 0.410 e. The van der Waals surface area contributed by atoms with Gasteiger partial charge < -0.3 is 15.4 Å². The number of carbonyl (C=O) groups excluding carboxylic acids is 1. The number of carbonyl (C=O) groups is 1. The third-order valence-electron chi connectivity index (χ3n) is 3.75. The SMILES string of the molecule is CCN1CCN(Cc2ccc(OC(N)=O)c([N+](=O)[O-])c2)CC1. The number of nitro benzene ring substituents is 1. The fourth-order valence-electron chi connectivity index (χ4n) is 2.52. The van der Waals surface area contributed by atoms with Gasteiger partial charge in [-0.1, -0.05) is 13.0 Å². The van der Waals surface area contributed by atoms with E-state index in [1.807, 2.05) is 0 Å². The number of piperazine rings is 1. The molecule has 0 bridgehead atoms. The predicted molar refractivity (Wildman–Crippen MR) is 80.7 cm³/mol. The second-order valence-corrected chi connectivity index (χ2v) is 5.19. The maximum Gasteiger partial charge on any atom is 0.410 e. The van der Waals surface area contributed by atoms with Crippen molar-refractivity contribution in [1.29, 1.82) is 0 Å². The van der Waals surface area contributed by atoms with Crippen LogP contribution in [0, 0.1) is 10.1 Å². The standard InChI is InChI=1S/C14H20N4O4/c1-2-16-5-7-17(8-6-16)10-11-3-4-13(22-14(15)19)12(9-11)18(20)21/h3-4,9H,2,5-8,10H2,1H3,(H2,15,19). The van der Waals surface area contributed by atoms with E-state index in [2.05, 4.69) is 21.5 Å². The first kappa shape index (κ1) is 16.2. The lowest BCUT2D eigenvalue weighted by Crippen LogP contribution is -2.45. The summed E-state index contributed by atoms with van der Waals surface area (Å²) in [6, 6.07) is 4.57. The molecule has 1 amide bonds. The summed E-state index contributed by atoms with van der Waals surface area (Å²) in [5.74, 6) is -0.128. The van der Waals surface area contributed by atoms with Crippen molar-refractivity contribution in [3.8, 4) is 5.75 Å². The maximum atomic E-state index is 11.1. The molecule has 1 fully saturated rings. The van der Waals surface area contributed by atoms with Crippen molar-refractivity contribution >= 4 is 11.8 Å². The molecule has 22 heavy (non-hydrogen) atoms. The molecule has 0 aliphatic carbocycles. The normalized spacial score (nSPS) is 16.4. The molecular weight excluding hydrogens is 288 g/mol. The first-order valence-electron chi connectivity index (χ1n) is 7.19. The molecule has 1 heterocycles. The highest BCUT2D eigenvalue weighted by atomic mass is 16.6. The van der Waals surface area contributed by atoms with E-state index >= 15 is 0 Å². The summed E-state index contributed by atoms with van der Waals surface area (Å²) in [4.78, 5) is 25.9. The van der Waals surface area contributed by atoms with Crippen LogP contribution < -0.4 is 10.5 Å². The van der Waals surface area contributed by atoms with Crippen molar-refractivity contribution in [2.45, 2.75) is 13.5 Å². The lowest BCUT2D eigenvalue weighted by atomic mass is 10.1. The number of amides is 1. The number of hydrogen-bond donors (Lipinski definition) is 1. The number of ether oxygens (including phenoxy) is 1. The van der Waals surface area contributed by atoms with Gasteiger partial charge in [-0.15, -0.1) is 0 Å². The third kappa shape index (κ3) is 4.15. The van der Waals surface area contributed by atoms with E-state index in [-0.39, 0.29) is 11.4 Å². The number of nitrogens with zero attached hydrogens (tertiary/aromatic N) is 3. The fraction of sp³-hybridized carbons (Fsp3) is 0.500. The van der Waals surface area contributed by atoms with Crippen molar-refractivity contribution < 1.29 is 14.5 Å². The average Bonchev–Trinajstić information content (AvgIpc) is 2.49. The van der Waals surface area contributed by atoms with E-state index in [9.17, 15) is 14.9 Å². The van der Waals surface area contributed by atoms with E-state index in [0.29, 0.717) is 6.54 Å². The van der Waals surface area contributed by atoms with Gasteiger partial charge in [-0.2, -0.15) is 0 Å². The van der Waals surface area contributed by atoms with Gasteiger partial charge in [0.1, 0.15) is 0 Å². The number of benzene rings is 1. The molecule has 2 N–H and O–H groups in total. The van der Waals surface area contributed by atoms with E-state index in [1.165, 1.54) is 12.1 Å². The van der Waals surface area contributed by atoms with E-state index in [1.54, 1.807) is 6.07 Å². The Kier molecular flexibility index (Phi) is 5.29. The monoisotopic (exact) mass is 308 g/mol. The van der Waals surface area contributed by atoms with E-state index in [4.69, 9.17) is 5.73 Å². The number of likely N-dealkylation sites (N-methyl/N-ethyl adjacent to an activating group) is 1. The minimum Gasteiger partial charge on any atom is -0.403 e. The number of nitrogens with two attached hydrogens (primary N) is 1. The molecular formula is C14H20N4O4. The van der Waals surface area contributed by atoms with Crippen LogP contribution in [0.5, 0.6) is 5.75 Å². The molecule has 1 aliphatic rings. The Morgan fingerprint density at radius 1 is 1.32 bits per heavy atom. The lowest BCUT2D eigenvalue weighted by Gasteiger charge is -2.34. The van der Waals surface area contributed by atoms with Gasteiger partial charge in [-0.05, 0) is 18.2 Å². The zero-order chi connectivity index (χ0) is 16.1. The highest BCUT2D eigenvalue weighted by molar-refractivity contribution is 5.70. The van der Waals surface area contributed by atoms with Crippen molar-refractivity contribution in [2.75, 3.05) is 32.7 Å². The second-order valence-electron chi connectivity index (χ2n) is 5.19. The molecule has 120 valence electrons. The first-order valence-corrected chi connectivity index (χ1v) is 7.19. The summed E-state index contributed by atoms with van der Waals surface area (Å²) in [7, 11) is 0. The zero-order valence-electron chi connectivity index (χ0n) is 12.5. The summed E-state index contributed by atoms with van der Waals surface area (Å²) in [5, 5.41) is 11.1. The minimum atomic E-state index is -1.06. The fourth-order valence-corrected chi connectivity index (χ4v) is 2.52. The molecule has 8 nitrogen and oxygen atoms in total. The quantitative estimate of drug-likeness (QED) is 0.647. The minimum absolute atomic E-state index is 0.128. The van der Waals surface area contributed by atoms with Crippen LogP contribution in [0.25, 0.3) is 0 Å². The summed E-state index contributed by atoms with van der Waals surface area (Å²) in [5.41, 5.74) is 5.48. The number of nitro groups is 1. The molecule has 0 atom stereocenters. The van der Waals surface area contributed by atoms with Crippen LogP contribution in [0.4, 0.5) is 10.5 Å². The second kappa shape index (κ2) is 7.19. The molecule has 0 spiro atoms. The Balaban J connectivity index is 2.07. The lowest BCUT2D eigenvalue weighted by molar-refractivity contribution is -0.385. The predicted octanol–water partition coefficient (Wildman–Crippen LogP) is 1.19. The van der Waals surface area contributed by atoms with Gasteiger partial charge in [0.05, 0.1) is 4.92 Å². The summed E-state index contributed by atoms with van der Waals surface area (Å²) >= 11 is 0. The molecule has 1 aromatic carbocycles. The van der Waals surface area contributed by atoms with Crippen LogP contribution in [-0.2, 0) is 6.54 Å². The smallest absolute Gasteiger partial charge is 0.403 e. The van der Waals surface area contributed by atoms with Crippen LogP contribution >= 0.6 is 0 Å². The van der Waals surface area contributed by atoms with Crippen LogP contribution in [0.2, 0.25) is 0 Å². The Bertz CT molecular complexity index is 556. The molecule has 0 unspecified atom stereocenters. The highest BCUT2D eigenvalue weighted by Gasteiger charge is 2.20. The van der Waals surface area contributed by atoms with Gasteiger partial charge in [0.15, 0.2) is 0 Å². The van der Waals surface area contributed by atoms with Gasteiger partial charge in [0.2, 0.25) is 5.75 Å². The number of hydrogen-bond acceptors (Lipinski definition) is 6. The van der Waals surface area contributed by atoms with Gasteiger partial charge in [-0.25, -0.2) is 4.79 Å². The Hall–Kier alpha value is -2.19. The van der Waals surface area contributed by atoms with Gasteiger partial charge in [0.25, 0.3) is 0 Å². The Morgan fingerprint density at radius 3 is 2.50 bits per heavy atom. The molecule has 2 rings (SSSR count). The van der Waals surface area contributed by atoms with Crippen molar-refractivity contribution in [3.63, 3.8) is 0 Å². The number of rotatable bonds is 5. The van der Waals surface area contributed by atoms with Crippen LogP contribution in [0.15, 0.2) is 18.2 Å². The average molecular weight is 308 g/mol. The Morgan fingerprint density at radius 2 is 1.95 bits per heavy atom. The van der Waals surface area contributed by atoms with Gasteiger partial charge in [0, 0.05) is 38.8 Å². The molecule has 0 saturated carbocycles. The van der Waals surface area contributed by atoms with Gasteiger partial charge >= 0.3 is 11.8 Å². The third-order valence-corrected chi connectivity index (χ3v) is 3.75. The van der Waals surface area contributed by atoms with Crippen LogP contribution in [0.1, 0.15) is 12.5 Å². The van der Waals surface area contributed by atoms with Gasteiger partial charge in [-0.3, -0.25) is 15.0 Å². The number of primary amides is 1. The van der Waals surface area contributed by atoms with Crippen molar-refractivity contribution in [3.05, 3.63) is 33.9 Å². The highest BCUT2D eigenvalue weighted by Crippen LogP contribution is 2.28. The first-order chi connectivity index (χ1) is 10.5. The Labute approximate surface area is 128 Å². The summed E-state index contributed by atoms with van der Waals surface area (Å²) in [6.07, 6.45) is -1.06. The summed E-state index contributed by atoms with van der Waals surface area (Å²) in [6.45, 7) is 7.68. The molecule has 1 saturated heterocycles. The van der Waals surface area contributed by atoms with Crippen molar-refractivity contribution in [1.82, 2.24) is 9.80 Å². The topological polar surface area (TPSA) is 102 Å². The molecule has 1 aliphatic heterocycles. The molecule has 0 radical (unpaired) electrons. The summed E-state index contributed by atoms with van der Waals surface area (Å²) < 4.78 is 4.66. The molecule has 0 aromatic heterocycles. The zero-order valence-corrected chi connectivity index (χ0v) is 12.5. The van der Waals surface area contributed by atoms with E-state index in [0.717, 1.165) is 38.3 Å². The van der Waals surface area contributed by atoms with Crippen LogP contribution in [-0.4, -0.2) is 53.5 Å². The van der Waals surface area contributed by atoms with E-state index < -0.39 is 11.0 Å². The van der Waals surface area contributed by atoms with Crippen molar-refractivity contribution in [2.24, 2.45) is 5.73 Å².